The van der Waals surface area contributed by atoms with Crippen molar-refractivity contribution in [3.05, 3.63) is 65.5 Å². The van der Waals surface area contributed by atoms with Crippen LogP contribution < -0.4 is 5.32 Å². The minimum atomic E-state index is -0.370. The van der Waals surface area contributed by atoms with Gasteiger partial charge in [-0.2, -0.15) is 0 Å². The SMILES string of the molecule is CCNC(Cc1ccccc1F)c1ccc(F)cn1. The van der Waals surface area contributed by atoms with Gasteiger partial charge in [0, 0.05) is 0 Å². The highest BCUT2D eigenvalue weighted by Gasteiger charge is 2.14. The molecule has 2 nitrogen and oxygen atoms in total. The van der Waals surface area contributed by atoms with Crippen LogP contribution in [-0.4, -0.2) is 11.5 Å². The largest absolute Gasteiger partial charge is 0.309 e. The van der Waals surface area contributed by atoms with Gasteiger partial charge in [-0.25, -0.2) is 8.78 Å². The number of nitrogens with zero attached hydrogens (tertiary/aromatic N) is 1. The number of rotatable bonds is 5. The minimum absolute atomic E-state index is 0.123. The fourth-order valence-electron chi connectivity index (χ4n) is 2.00. The first-order valence-electron chi connectivity index (χ1n) is 6.29. The predicted octanol–water partition coefficient (Wildman–Crippen LogP) is 3.25. The Labute approximate surface area is 111 Å². The zero-order valence-electron chi connectivity index (χ0n) is 10.7. The normalized spacial score (nSPS) is 12.4. The molecule has 0 aliphatic rings. The molecule has 0 radical (unpaired) electrons. The van der Waals surface area contributed by atoms with E-state index in [0.29, 0.717) is 17.7 Å². The summed E-state index contributed by atoms with van der Waals surface area (Å²) in [5, 5.41) is 3.24. The molecule has 0 aliphatic heterocycles. The van der Waals surface area contributed by atoms with Crippen molar-refractivity contribution in [3.63, 3.8) is 0 Å². The lowest BCUT2D eigenvalue weighted by molar-refractivity contribution is 0.514. The molecular formula is C15H16F2N2. The third-order valence-corrected chi connectivity index (χ3v) is 2.94. The standard InChI is InChI=1S/C15H16F2N2/c1-2-18-15(14-8-7-12(16)10-19-14)9-11-5-3-4-6-13(11)17/h3-8,10,15,18H,2,9H2,1H3. The van der Waals surface area contributed by atoms with Gasteiger partial charge in [-0.05, 0) is 36.7 Å². The lowest BCUT2D eigenvalue weighted by Crippen LogP contribution is -2.24. The number of aromatic nitrogens is 1. The van der Waals surface area contributed by atoms with Gasteiger partial charge in [0.25, 0.3) is 0 Å². The summed E-state index contributed by atoms with van der Waals surface area (Å²) in [4.78, 5) is 4.06. The zero-order valence-corrected chi connectivity index (χ0v) is 10.7. The Kier molecular flexibility index (Phi) is 4.58. The monoisotopic (exact) mass is 262 g/mol. The van der Waals surface area contributed by atoms with Crippen LogP contribution in [0.4, 0.5) is 8.78 Å². The number of halogens is 2. The molecule has 1 aromatic heterocycles. The van der Waals surface area contributed by atoms with E-state index in [4.69, 9.17) is 0 Å². The maximum Gasteiger partial charge on any atom is 0.141 e. The third kappa shape index (κ3) is 3.58. The fraction of sp³-hybridized carbons (Fsp3) is 0.267. The summed E-state index contributed by atoms with van der Waals surface area (Å²) < 4.78 is 26.5. The van der Waals surface area contributed by atoms with E-state index in [1.165, 1.54) is 18.3 Å². The summed E-state index contributed by atoms with van der Waals surface area (Å²) >= 11 is 0. The van der Waals surface area contributed by atoms with Crippen molar-refractivity contribution in [2.24, 2.45) is 0 Å². The summed E-state index contributed by atoms with van der Waals surface area (Å²) in [6, 6.07) is 9.54. The smallest absolute Gasteiger partial charge is 0.141 e. The highest BCUT2D eigenvalue weighted by molar-refractivity contribution is 5.21. The molecule has 1 heterocycles. The van der Waals surface area contributed by atoms with Crippen LogP contribution >= 0.6 is 0 Å². The summed E-state index contributed by atoms with van der Waals surface area (Å²) in [6.07, 6.45) is 1.67. The van der Waals surface area contributed by atoms with E-state index < -0.39 is 0 Å². The van der Waals surface area contributed by atoms with Crippen LogP contribution in [0, 0.1) is 11.6 Å². The second-order valence-electron chi connectivity index (χ2n) is 4.31. The van der Waals surface area contributed by atoms with Crippen molar-refractivity contribution in [1.29, 1.82) is 0 Å². The van der Waals surface area contributed by atoms with Crippen molar-refractivity contribution >= 4 is 0 Å². The van der Waals surface area contributed by atoms with Gasteiger partial charge in [0.05, 0.1) is 17.9 Å². The summed E-state index contributed by atoms with van der Waals surface area (Å²) in [5.74, 6) is -0.600. The van der Waals surface area contributed by atoms with Crippen LogP contribution in [-0.2, 0) is 6.42 Å². The van der Waals surface area contributed by atoms with Crippen LogP contribution in [0.1, 0.15) is 24.2 Å². The van der Waals surface area contributed by atoms with Gasteiger partial charge in [-0.3, -0.25) is 4.98 Å². The number of pyridine rings is 1. The molecular weight excluding hydrogens is 246 g/mol. The lowest BCUT2D eigenvalue weighted by atomic mass is 10.0. The molecule has 1 aromatic carbocycles. The molecule has 0 saturated heterocycles. The Bertz CT molecular complexity index is 526. The summed E-state index contributed by atoms with van der Waals surface area (Å²) in [5.41, 5.74) is 1.34. The zero-order chi connectivity index (χ0) is 13.7. The Morgan fingerprint density at radius 3 is 2.58 bits per heavy atom. The Morgan fingerprint density at radius 1 is 1.16 bits per heavy atom. The Hall–Kier alpha value is -1.81. The molecule has 0 spiro atoms. The Balaban J connectivity index is 2.21. The molecule has 0 fully saturated rings. The molecule has 4 heteroatoms. The first kappa shape index (κ1) is 13.6. The van der Waals surface area contributed by atoms with Crippen molar-refractivity contribution in [2.45, 2.75) is 19.4 Å². The molecule has 1 atom stereocenters. The van der Waals surface area contributed by atoms with Crippen LogP contribution in [0.5, 0.6) is 0 Å². The second-order valence-corrected chi connectivity index (χ2v) is 4.31. The molecule has 2 aromatic rings. The van der Waals surface area contributed by atoms with E-state index in [-0.39, 0.29) is 17.7 Å². The molecule has 0 bridgehead atoms. The fourth-order valence-corrected chi connectivity index (χ4v) is 2.00. The Morgan fingerprint density at radius 2 is 1.95 bits per heavy atom. The van der Waals surface area contributed by atoms with Gasteiger partial charge in [0.2, 0.25) is 0 Å². The summed E-state index contributed by atoms with van der Waals surface area (Å²) in [6.45, 7) is 2.70. The van der Waals surface area contributed by atoms with E-state index in [2.05, 4.69) is 10.3 Å². The topological polar surface area (TPSA) is 24.9 Å². The van der Waals surface area contributed by atoms with E-state index in [1.54, 1.807) is 24.3 Å². The van der Waals surface area contributed by atoms with Crippen LogP contribution in [0.2, 0.25) is 0 Å². The highest BCUT2D eigenvalue weighted by atomic mass is 19.1. The molecule has 1 unspecified atom stereocenters. The van der Waals surface area contributed by atoms with E-state index in [9.17, 15) is 8.78 Å². The number of likely N-dealkylation sites (N-methyl/N-ethyl adjacent to an activating group) is 1. The average Bonchev–Trinajstić information content (AvgIpc) is 2.42. The molecule has 0 aliphatic carbocycles. The average molecular weight is 262 g/mol. The van der Waals surface area contributed by atoms with Gasteiger partial charge < -0.3 is 5.32 Å². The van der Waals surface area contributed by atoms with Gasteiger partial charge in [0.1, 0.15) is 11.6 Å². The maximum atomic E-state index is 13.7. The van der Waals surface area contributed by atoms with Gasteiger partial charge in [-0.15, -0.1) is 0 Å². The van der Waals surface area contributed by atoms with Crippen molar-refractivity contribution in [1.82, 2.24) is 10.3 Å². The number of nitrogens with one attached hydrogen (secondary N) is 1. The number of benzene rings is 1. The van der Waals surface area contributed by atoms with Crippen molar-refractivity contribution < 1.29 is 8.78 Å². The van der Waals surface area contributed by atoms with E-state index in [0.717, 1.165) is 6.54 Å². The number of hydrogen-bond acceptors (Lipinski definition) is 2. The molecule has 100 valence electrons. The third-order valence-electron chi connectivity index (χ3n) is 2.94. The van der Waals surface area contributed by atoms with Crippen molar-refractivity contribution in [3.8, 4) is 0 Å². The van der Waals surface area contributed by atoms with Crippen molar-refractivity contribution in [2.75, 3.05) is 6.54 Å². The second kappa shape index (κ2) is 6.38. The minimum Gasteiger partial charge on any atom is -0.309 e. The van der Waals surface area contributed by atoms with Crippen LogP contribution in [0.3, 0.4) is 0 Å². The molecule has 0 saturated carbocycles. The maximum absolute atomic E-state index is 13.7. The van der Waals surface area contributed by atoms with E-state index in [1.807, 2.05) is 6.92 Å². The van der Waals surface area contributed by atoms with Crippen LogP contribution in [0.25, 0.3) is 0 Å². The summed E-state index contributed by atoms with van der Waals surface area (Å²) in [7, 11) is 0. The molecule has 2 rings (SSSR count). The lowest BCUT2D eigenvalue weighted by Gasteiger charge is -2.17. The quantitative estimate of drug-likeness (QED) is 0.894. The first-order valence-corrected chi connectivity index (χ1v) is 6.29. The predicted molar refractivity (Wildman–Crippen MR) is 70.7 cm³/mol. The van der Waals surface area contributed by atoms with Gasteiger partial charge in [0.15, 0.2) is 0 Å². The van der Waals surface area contributed by atoms with Gasteiger partial charge >= 0.3 is 0 Å². The first-order chi connectivity index (χ1) is 9.20. The number of hydrogen-bond donors (Lipinski definition) is 1. The van der Waals surface area contributed by atoms with Crippen LogP contribution in [0.15, 0.2) is 42.6 Å². The molecule has 19 heavy (non-hydrogen) atoms. The highest BCUT2D eigenvalue weighted by Crippen LogP contribution is 2.18. The molecule has 0 amide bonds. The van der Waals surface area contributed by atoms with Gasteiger partial charge in [-0.1, -0.05) is 25.1 Å². The van der Waals surface area contributed by atoms with E-state index >= 15 is 0 Å². The molecule has 1 N–H and O–H groups in total.